The van der Waals surface area contributed by atoms with Gasteiger partial charge >= 0.3 is 0 Å². The summed E-state index contributed by atoms with van der Waals surface area (Å²) >= 11 is 0. The third-order valence-electron chi connectivity index (χ3n) is 2.75. The molecule has 0 aromatic heterocycles. The average Bonchev–Trinajstić information content (AvgIpc) is 2.48. The molecular formula is C10H12O2. The van der Waals surface area contributed by atoms with Crippen LogP contribution >= 0.6 is 0 Å². The summed E-state index contributed by atoms with van der Waals surface area (Å²) in [5, 5.41) is 0. The summed E-state index contributed by atoms with van der Waals surface area (Å²) in [6, 6.07) is 0. The van der Waals surface area contributed by atoms with Crippen LogP contribution in [0.1, 0.15) is 19.8 Å². The molecule has 2 heteroatoms. The predicted octanol–water partition coefficient (Wildman–Crippen LogP) is 1.82. The molecule has 0 radical (unpaired) electrons. The van der Waals surface area contributed by atoms with E-state index in [1.807, 2.05) is 6.08 Å². The Hall–Kier alpha value is -1.05. The lowest BCUT2D eigenvalue weighted by Crippen LogP contribution is -2.34. The minimum Gasteiger partial charge on any atom is -0.497 e. The molecule has 0 fully saturated rings. The summed E-state index contributed by atoms with van der Waals surface area (Å²) < 4.78 is 5.37. The Morgan fingerprint density at radius 3 is 3.33 bits per heavy atom. The third-order valence-corrected chi connectivity index (χ3v) is 2.75. The fraction of sp³-hybridized carbons (Fsp3) is 0.500. The number of aldehydes is 1. The molecule has 0 saturated carbocycles. The van der Waals surface area contributed by atoms with Gasteiger partial charge in [0.2, 0.25) is 0 Å². The van der Waals surface area contributed by atoms with Crippen molar-refractivity contribution in [2.45, 2.75) is 25.9 Å². The van der Waals surface area contributed by atoms with E-state index in [9.17, 15) is 4.79 Å². The van der Waals surface area contributed by atoms with Crippen molar-refractivity contribution >= 4 is 6.29 Å². The maximum atomic E-state index is 10.9. The Morgan fingerprint density at radius 1 is 1.75 bits per heavy atom. The van der Waals surface area contributed by atoms with E-state index in [2.05, 4.69) is 13.0 Å². The van der Waals surface area contributed by atoms with Crippen molar-refractivity contribution in [2.24, 2.45) is 5.41 Å². The highest BCUT2D eigenvalue weighted by Gasteiger charge is 2.42. The van der Waals surface area contributed by atoms with Crippen molar-refractivity contribution in [2.75, 3.05) is 0 Å². The number of carbonyl (C=O) groups is 1. The fourth-order valence-corrected chi connectivity index (χ4v) is 1.82. The molecule has 0 aromatic rings. The molecule has 2 atom stereocenters. The van der Waals surface area contributed by atoms with Gasteiger partial charge in [0, 0.05) is 6.42 Å². The number of fused-ring (bicyclic) bond motifs is 1. The first-order valence-electron chi connectivity index (χ1n) is 4.22. The molecule has 2 aliphatic rings. The van der Waals surface area contributed by atoms with Gasteiger partial charge in [-0.1, -0.05) is 11.6 Å². The highest BCUT2D eigenvalue weighted by Crippen LogP contribution is 2.40. The first kappa shape index (κ1) is 7.59. The maximum Gasteiger partial charge on any atom is 0.134 e. The van der Waals surface area contributed by atoms with Gasteiger partial charge in [0.25, 0.3) is 0 Å². The Bertz CT molecular complexity index is 265. The van der Waals surface area contributed by atoms with Crippen molar-refractivity contribution in [1.29, 1.82) is 0 Å². The van der Waals surface area contributed by atoms with Gasteiger partial charge in [0.15, 0.2) is 0 Å². The van der Waals surface area contributed by atoms with Gasteiger partial charge in [-0.05, 0) is 19.4 Å². The first-order valence-corrected chi connectivity index (χ1v) is 4.22. The molecule has 2 unspecified atom stereocenters. The number of carbonyl (C=O) groups excluding carboxylic acids is 1. The molecule has 1 aliphatic carbocycles. The van der Waals surface area contributed by atoms with Crippen LogP contribution in [0.15, 0.2) is 24.0 Å². The molecule has 0 bridgehead atoms. The normalized spacial score (nSPS) is 38.4. The summed E-state index contributed by atoms with van der Waals surface area (Å²) in [7, 11) is 0. The zero-order chi connectivity index (χ0) is 8.60. The summed E-state index contributed by atoms with van der Waals surface area (Å²) in [6.45, 7) is 2.08. The van der Waals surface area contributed by atoms with Gasteiger partial charge < -0.3 is 9.53 Å². The van der Waals surface area contributed by atoms with Crippen LogP contribution < -0.4 is 0 Å². The zero-order valence-corrected chi connectivity index (χ0v) is 7.12. The number of ether oxygens (including phenoxy) is 1. The van der Waals surface area contributed by atoms with Crippen LogP contribution in [0.2, 0.25) is 0 Å². The molecule has 0 N–H and O–H groups in total. The molecule has 2 rings (SSSR count). The topological polar surface area (TPSA) is 26.3 Å². The van der Waals surface area contributed by atoms with Crippen LogP contribution in [-0.2, 0) is 9.53 Å². The largest absolute Gasteiger partial charge is 0.497 e. The lowest BCUT2D eigenvalue weighted by atomic mass is 9.75. The van der Waals surface area contributed by atoms with E-state index < -0.39 is 0 Å². The van der Waals surface area contributed by atoms with Gasteiger partial charge in [-0.3, -0.25) is 0 Å². The molecule has 1 heterocycles. The quantitative estimate of drug-likeness (QED) is 0.436. The van der Waals surface area contributed by atoms with E-state index in [-0.39, 0.29) is 11.5 Å². The van der Waals surface area contributed by atoms with Crippen molar-refractivity contribution in [3.05, 3.63) is 24.0 Å². The monoisotopic (exact) mass is 164 g/mol. The second kappa shape index (κ2) is 2.47. The van der Waals surface area contributed by atoms with Crippen LogP contribution in [0.5, 0.6) is 0 Å². The van der Waals surface area contributed by atoms with E-state index >= 15 is 0 Å². The minimum atomic E-state index is -0.348. The second-order valence-electron chi connectivity index (χ2n) is 3.62. The maximum absolute atomic E-state index is 10.9. The highest BCUT2D eigenvalue weighted by atomic mass is 16.5. The van der Waals surface area contributed by atoms with E-state index in [1.165, 1.54) is 5.57 Å². The van der Waals surface area contributed by atoms with Gasteiger partial charge in [-0.15, -0.1) is 0 Å². The number of allylic oxidation sites excluding steroid dienone is 1. The molecule has 0 spiro atoms. The van der Waals surface area contributed by atoms with Crippen molar-refractivity contribution < 1.29 is 9.53 Å². The average molecular weight is 164 g/mol. The van der Waals surface area contributed by atoms with Gasteiger partial charge in [0.1, 0.15) is 12.4 Å². The molecule has 2 nitrogen and oxygen atoms in total. The number of hydrogen-bond acceptors (Lipinski definition) is 2. The summed E-state index contributed by atoms with van der Waals surface area (Å²) in [5.41, 5.74) is 0.973. The molecule has 12 heavy (non-hydrogen) atoms. The van der Waals surface area contributed by atoms with Crippen molar-refractivity contribution in [1.82, 2.24) is 0 Å². The lowest BCUT2D eigenvalue weighted by Gasteiger charge is -2.30. The third kappa shape index (κ3) is 0.909. The molecule has 1 aliphatic heterocycles. The highest BCUT2D eigenvalue weighted by molar-refractivity contribution is 5.66. The lowest BCUT2D eigenvalue weighted by molar-refractivity contribution is -0.117. The Labute approximate surface area is 71.9 Å². The van der Waals surface area contributed by atoms with Crippen molar-refractivity contribution in [3.8, 4) is 0 Å². The number of rotatable bonds is 1. The Kier molecular flexibility index (Phi) is 1.56. The van der Waals surface area contributed by atoms with E-state index in [0.29, 0.717) is 0 Å². The molecule has 0 aromatic carbocycles. The standard InChI is InChI=1S/C10H12O2/c1-8-2-3-10(7-11)4-5-12-9(10)6-8/h2,4-5,7,9H,3,6H2,1H3. The Morgan fingerprint density at radius 2 is 2.58 bits per heavy atom. The van der Waals surface area contributed by atoms with Crippen LogP contribution in [0.3, 0.4) is 0 Å². The van der Waals surface area contributed by atoms with E-state index in [0.717, 1.165) is 19.1 Å². The van der Waals surface area contributed by atoms with Crippen LogP contribution in [0.25, 0.3) is 0 Å². The molecule has 0 amide bonds. The van der Waals surface area contributed by atoms with Gasteiger partial charge in [-0.2, -0.15) is 0 Å². The molecule has 0 saturated heterocycles. The smallest absolute Gasteiger partial charge is 0.134 e. The van der Waals surface area contributed by atoms with Crippen LogP contribution in [0.4, 0.5) is 0 Å². The summed E-state index contributed by atoms with van der Waals surface area (Å²) in [5.74, 6) is 0. The van der Waals surface area contributed by atoms with E-state index in [4.69, 9.17) is 4.74 Å². The van der Waals surface area contributed by atoms with Crippen LogP contribution in [0, 0.1) is 5.41 Å². The summed E-state index contributed by atoms with van der Waals surface area (Å²) in [6.07, 6.45) is 8.42. The van der Waals surface area contributed by atoms with Gasteiger partial charge in [-0.25, -0.2) is 0 Å². The minimum absolute atomic E-state index is 0.0556. The molecular weight excluding hydrogens is 152 g/mol. The fourth-order valence-electron chi connectivity index (χ4n) is 1.82. The SMILES string of the molecule is CC1=CCC2(C=O)C=COC2C1. The second-order valence-corrected chi connectivity index (χ2v) is 3.62. The zero-order valence-electron chi connectivity index (χ0n) is 7.12. The van der Waals surface area contributed by atoms with E-state index in [1.54, 1.807) is 6.26 Å². The van der Waals surface area contributed by atoms with Crippen LogP contribution in [-0.4, -0.2) is 12.4 Å². The predicted molar refractivity (Wildman–Crippen MR) is 45.5 cm³/mol. The summed E-state index contributed by atoms with van der Waals surface area (Å²) in [4.78, 5) is 10.9. The molecule has 64 valence electrons. The van der Waals surface area contributed by atoms with Gasteiger partial charge in [0.05, 0.1) is 11.7 Å². The Balaban J connectivity index is 2.31. The van der Waals surface area contributed by atoms with Crippen molar-refractivity contribution in [3.63, 3.8) is 0 Å². The number of hydrogen-bond donors (Lipinski definition) is 0. The first-order chi connectivity index (χ1) is 5.77.